The third-order valence-electron chi connectivity index (χ3n) is 2.88. The van der Waals surface area contributed by atoms with Gasteiger partial charge >= 0.3 is 5.97 Å². The van der Waals surface area contributed by atoms with Gasteiger partial charge in [-0.3, -0.25) is 9.59 Å². The zero-order chi connectivity index (χ0) is 15.4. The lowest BCUT2D eigenvalue weighted by Gasteiger charge is -2.08. The van der Waals surface area contributed by atoms with Crippen LogP contribution in [0, 0.1) is 0 Å². The largest absolute Gasteiger partial charge is 0.480 e. The SMILES string of the molecule is CC(C)c1cccc(NC(=O)c2cn(CC(=O)O)nn2)c1. The van der Waals surface area contributed by atoms with Gasteiger partial charge in [0.25, 0.3) is 5.91 Å². The molecule has 110 valence electrons. The van der Waals surface area contributed by atoms with Crippen LogP contribution >= 0.6 is 0 Å². The Hall–Kier alpha value is -2.70. The monoisotopic (exact) mass is 288 g/mol. The lowest BCUT2D eigenvalue weighted by Crippen LogP contribution is -2.13. The maximum atomic E-state index is 12.0. The second-order valence-electron chi connectivity index (χ2n) is 4.93. The van der Waals surface area contributed by atoms with Crippen molar-refractivity contribution in [2.24, 2.45) is 0 Å². The van der Waals surface area contributed by atoms with Crippen LogP contribution in [-0.4, -0.2) is 32.0 Å². The lowest BCUT2D eigenvalue weighted by atomic mass is 10.0. The molecule has 0 fully saturated rings. The van der Waals surface area contributed by atoms with Crippen LogP contribution < -0.4 is 5.32 Å². The molecule has 0 radical (unpaired) electrons. The molecule has 0 bridgehead atoms. The van der Waals surface area contributed by atoms with Crippen molar-refractivity contribution in [3.63, 3.8) is 0 Å². The van der Waals surface area contributed by atoms with Gasteiger partial charge in [-0.25, -0.2) is 4.68 Å². The molecule has 0 saturated heterocycles. The molecule has 0 saturated carbocycles. The summed E-state index contributed by atoms with van der Waals surface area (Å²) in [5.41, 5.74) is 1.85. The van der Waals surface area contributed by atoms with E-state index in [1.54, 1.807) is 6.07 Å². The summed E-state index contributed by atoms with van der Waals surface area (Å²) in [7, 11) is 0. The smallest absolute Gasteiger partial charge is 0.325 e. The zero-order valence-electron chi connectivity index (χ0n) is 11.8. The Morgan fingerprint density at radius 1 is 1.38 bits per heavy atom. The predicted molar refractivity (Wildman–Crippen MR) is 76.1 cm³/mol. The Bertz CT molecular complexity index is 664. The number of aliphatic carboxylic acids is 1. The van der Waals surface area contributed by atoms with Gasteiger partial charge < -0.3 is 10.4 Å². The molecule has 0 atom stereocenters. The van der Waals surface area contributed by atoms with E-state index in [2.05, 4.69) is 29.5 Å². The predicted octanol–water partition coefficient (Wildman–Crippen LogP) is 1.74. The second-order valence-corrected chi connectivity index (χ2v) is 4.93. The molecule has 2 rings (SSSR count). The minimum absolute atomic E-state index is 0.0752. The number of carbonyl (C=O) groups excluding carboxylic acids is 1. The minimum atomic E-state index is -1.04. The minimum Gasteiger partial charge on any atom is -0.480 e. The maximum Gasteiger partial charge on any atom is 0.325 e. The molecule has 1 amide bonds. The van der Waals surface area contributed by atoms with Crippen molar-refractivity contribution >= 4 is 17.6 Å². The van der Waals surface area contributed by atoms with E-state index in [4.69, 9.17) is 5.11 Å². The van der Waals surface area contributed by atoms with Crippen LogP contribution in [-0.2, 0) is 11.3 Å². The highest BCUT2D eigenvalue weighted by molar-refractivity contribution is 6.02. The zero-order valence-corrected chi connectivity index (χ0v) is 11.8. The van der Waals surface area contributed by atoms with Gasteiger partial charge in [0.15, 0.2) is 5.69 Å². The summed E-state index contributed by atoms with van der Waals surface area (Å²) in [5.74, 6) is -1.11. The number of nitrogens with zero attached hydrogens (tertiary/aromatic N) is 3. The summed E-state index contributed by atoms with van der Waals surface area (Å²) >= 11 is 0. The van der Waals surface area contributed by atoms with E-state index >= 15 is 0 Å². The van der Waals surface area contributed by atoms with Crippen molar-refractivity contribution in [2.45, 2.75) is 26.3 Å². The maximum absolute atomic E-state index is 12.0. The highest BCUT2D eigenvalue weighted by Gasteiger charge is 2.12. The molecule has 7 heteroatoms. The summed E-state index contributed by atoms with van der Waals surface area (Å²) in [6, 6.07) is 7.53. The summed E-state index contributed by atoms with van der Waals surface area (Å²) in [5, 5.41) is 18.6. The lowest BCUT2D eigenvalue weighted by molar-refractivity contribution is -0.137. The number of benzene rings is 1. The van der Waals surface area contributed by atoms with Crippen LogP contribution in [0.25, 0.3) is 0 Å². The summed E-state index contributed by atoms with van der Waals surface area (Å²) < 4.78 is 1.10. The number of amides is 1. The molecule has 7 nitrogen and oxygen atoms in total. The summed E-state index contributed by atoms with van der Waals surface area (Å²) in [6.45, 7) is 3.81. The van der Waals surface area contributed by atoms with Crippen molar-refractivity contribution in [3.8, 4) is 0 Å². The Morgan fingerprint density at radius 3 is 2.81 bits per heavy atom. The Morgan fingerprint density at radius 2 is 2.14 bits per heavy atom. The highest BCUT2D eigenvalue weighted by Crippen LogP contribution is 2.18. The van der Waals surface area contributed by atoms with Gasteiger partial charge in [0, 0.05) is 5.69 Å². The third kappa shape index (κ3) is 3.88. The number of carboxylic acid groups (broad SMARTS) is 1. The molecule has 1 aromatic carbocycles. The molecule has 0 spiro atoms. The molecule has 21 heavy (non-hydrogen) atoms. The average Bonchev–Trinajstić information content (AvgIpc) is 2.86. The third-order valence-corrected chi connectivity index (χ3v) is 2.88. The Balaban J connectivity index is 2.09. The van der Waals surface area contributed by atoms with Crippen molar-refractivity contribution in [1.82, 2.24) is 15.0 Å². The number of aromatic nitrogens is 3. The van der Waals surface area contributed by atoms with Gasteiger partial charge in [-0.15, -0.1) is 5.10 Å². The van der Waals surface area contributed by atoms with Crippen LogP contribution in [0.15, 0.2) is 30.5 Å². The highest BCUT2D eigenvalue weighted by atomic mass is 16.4. The first-order valence-electron chi connectivity index (χ1n) is 6.49. The fourth-order valence-electron chi connectivity index (χ4n) is 1.79. The molecule has 2 aromatic rings. The molecular formula is C14H16N4O3. The van der Waals surface area contributed by atoms with Crippen molar-refractivity contribution in [3.05, 3.63) is 41.7 Å². The fourth-order valence-corrected chi connectivity index (χ4v) is 1.79. The number of hydrogen-bond donors (Lipinski definition) is 2. The fraction of sp³-hybridized carbons (Fsp3) is 0.286. The number of nitrogens with one attached hydrogen (secondary N) is 1. The molecule has 1 aromatic heterocycles. The average molecular weight is 288 g/mol. The summed E-state index contributed by atoms with van der Waals surface area (Å²) in [4.78, 5) is 22.6. The number of carboxylic acids is 1. The first-order valence-corrected chi connectivity index (χ1v) is 6.49. The molecule has 2 N–H and O–H groups in total. The standard InChI is InChI=1S/C14H16N4O3/c1-9(2)10-4-3-5-11(6-10)15-14(21)12-7-18(17-16-12)8-13(19)20/h3-7,9H,8H2,1-2H3,(H,15,21)(H,19,20). The molecule has 1 heterocycles. The van der Waals surface area contributed by atoms with E-state index in [-0.39, 0.29) is 12.2 Å². The molecule has 0 aliphatic heterocycles. The van der Waals surface area contributed by atoms with Gasteiger partial charge in [-0.2, -0.15) is 0 Å². The van der Waals surface area contributed by atoms with E-state index in [0.29, 0.717) is 11.6 Å². The second kappa shape index (κ2) is 6.17. The van der Waals surface area contributed by atoms with E-state index in [1.165, 1.54) is 6.20 Å². The summed E-state index contributed by atoms with van der Waals surface area (Å²) in [6.07, 6.45) is 1.30. The van der Waals surface area contributed by atoms with Gasteiger partial charge in [-0.1, -0.05) is 31.2 Å². The molecule has 0 unspecified atom stereocenters. The Labute approximate surface area is 121 Å². The molecule has 0 aliphatic rings. The van der Waals surface area contributed by atoms with Crippen LogP contribution in [0.2, 0.25) is 0 Å². The van der Waals surface area contributed by atoms with Crippen LogP contribution in [0.4, 0.5) is 5.69 Å². The van der Waals surface area contributed by atoms with Crippen molar-refractivity contribution < 1.29 is 14.7 Å². The number of rotatable bonds is 5. The number of hydrogen-bond acceptors (Lipinski definition) is 4. The van der Waals surface area contributed by atoms with Crippen LogP contribution in [0.1, 0.15) is 35.8 Å². The van der Waals surface area contributed by atoms with Crippen LogP contribution in [0.3, 0.4) is 0 Å². The van der Waals surface area contributed by atoms with E-state index in [1.807, 2.05) is 18.2 Å². The Kier molecular flexibility index (Phi) is 4.32. The van der Waals surface area contributed by atoms with E-state index < -0.39 is 11.9 Å². The van der Waals surface area contributed by atoms with Gasteiger partial charge in [0.05, 0.1) is 6.20 Å². The first kappa shape index (κ1) is 14.7. The molecule has 0 aliphatic carbocycles. The molecular weight excluding hydrogens is 272 g/mol. The van der Waals surface area contributed by atoms with Gasteiger partial charge in [0.1, 0.15) is 6.54 Å². The van der Waals surface area contributed by atoms with Crippen molar-refractivity contribution in [2.75, 3.05) is 5.32 Å². The quantitative estimate of drug-likeness (QED) is 0.873. The van der Waals surface area contributed by atoms with Crippen molar-refractivity contribution in [1.29, 1.82) is 0 Å². The van der Waals surface area contributed by atoms with Crippen LogP contribution in [0.5, 0.6) is 0 Å². The van der Waals surface area contributed by atoms with E-state index in [9.17, 15) is 9.59 Å². The van der Waals surface area contributed by atoms with Gasteiger partial charge in [0.2, 0.25) is 0 Å². The number of carbonyl (C=O) groups is 2. The number of anilines is 1. The first-order chi connectivity index (χ1) is 9.95. The van der Waals surface area contributed by atoms with E-state index in [0.717, 1.165) is 10.2 Å². The van der Waals surface area contributed by atoms with Gasteiger partial charge in [-0.05, 0) is 23.6 Å². The topological polar surface area (TPSA) is 97.1 Å². The normalized spacial score (nSPS) is 10.6.